The maximum absolute atomic E-state index is 12.8. The average Bonchev–Trinajstić information content (AvgIpc) is 2.77. The van der Waals surface area contributed by atoms with Gasteiger partial charge in [0.05, 0.1) is 0 Å². The number of carbonyl (C=O) groups is 2. The van der Waals surface area contributed by atoms with Gasteiger partial charge in [0.2, 0.25) is 5.91 Å². The fourth-order valence-electron chi connectivity index (χ4n) is 3.55. The van der Waals surface area contributed by atoms with Crippen molar-refractivity contribution in [3.8, 4) is 11.5 Å². The number of piperidine rings is 1. The highest BCUT2D eigenvalue weighted by Crippen LogP contribution is 2.23. The summed E-state index contributed by atoms with van der Waals surface area (Å²) in [6.07, 6.45) is 4.77. The summed E-state index contributed by atoms with van der Waals surface area (Å²) in [5.74, 6) is 1.63. The van der Waals surface area contributed by atoms with Gasteiger partial charge in [-0.25, -0.2) is 0 Å². The smallest absolute Gasteiger partial charge is 0.253 e. The summed E-state index contributed by atoms with van der Waals surface area (Å²) in [6, 6.07) is 16.8. The molecule has 2 aromatic rings. The van der Waals surface area contributed by atoms with Gasteiger partial charge in [-0.3, -0.25) is 9.59 Å². The first-order chi connectivity index (χ1) is 14.2. The maximum Gasteiger partial charge on any atom is 0.253 e. The summed E-state index contributed by atoms with van der Waals surface area (Å²) in [7, 11) is 0. The third-order valence-electron chi connectivity index (χ3n) is 5.31. The largest absolute Gasteiger partial charge is 0.457 e. The van der Waals surface area contributed by atoms with Crippen LogP contribution in [0.1, 0.15) is 49.4 Å². The zero-order chi connectivity index (χ0) is 20.5. The minimum atomic E-state index is 0.0121. The molecule has 1 aliphatic rings. The summed E-state index contributed by atoms with van der Waals surface area (Å²) in [6.45, 7) is 4.14. The Balaban J connectivity index is 1.47. The lowest BCUT2D eigenvalue weighted by molar-refractivity contribution is -0.126. The molecular formula is C24H30N2O3. The van der Waals surface area contributed by atoms with Crippen molar-refractivity contribution in [3.63, 3.8) is 0 Å². The van der Waals surface area contributed by atoms with Gasteiger partial charge >= 0.3 is 0 Å². The minimum Gasteiger partial charge on any atom is -0.457 e. The minimum absolute atomic E-state index is 0.0121. The first kappa shape index (κ1) is 20.9. The monoisotopic (exact) mass is 394 g/mol. The number of amides is 2. The SMILES string of the molecule is CCCCCNC(=O)C1CCN(C(=O)c2ccc(Oc3ccccc3)cc2)CC1. The zero-order valence-corrected chi connectivity index (χ0v) is 17.1. The van der Waals surface area contributed by atoms with Crippen molar-refractivity contribution in [2.24, 2.45) is 5.92 Å². The molecule has 0 unspecified atom stereocenters. The molecule has 2 aromatic carbocycles. The lowest BCUT2D eigenvalue weighted by Gasteiger charge is -2.31. The van der Waals surface area contributed by atoms with Crippen molar-refractivity contribution in [3.05, 3.63) is 60.2 Å². The molecule has 5 nitrogen and oxygen atoms in total. The van der Waals surface area contributed by atoms with Gasteiger partial charge in [-0.15, -0.1) is 0 Å². The molecule has 1 fully saturated rings. The summed E-state index contributed by atoms with van der Waals surface area (Å²) in [5.41, 5.74) is 0.646. The molecule has 0 aliphatic carbocycles. The third-order valence-corrected chi connectivity index (χ3v) is 5.31. The number of hydrogen-bond donors (Lipinski definition) is 1. The second-order valence-electron chi connectivity index (χ2n) is 7.50. The van der Waals surface area contributed by atoms with Crippen LogP contribution in [-0.2, 0) is 4.79 Å². The van der Waals surface area contributed by atoms with E-state index in [0.717, 1.165) is 44.4 Å². The zero-order valence-electron chi connectivity index (χ0n) is 17.1. The van der Waals surface area contributed by atoms with E-state index < -0.39 is 0 Å². The molecule has 1 N–H and O–H groups in total. The number of nitrogens with one attached hydrogen (secondary N) is 1. The molecular weight excluding hydrogens is 364 g/mol. The van der Waals surface area contributed by atoms with Crippen LogP contribution in [0.25, 0.3) is 0 Å². The van der Waals surface area contributed by atoms with Crippen molar-refractivity contribution in [1.29, 1.82) is 0 Å². The Morgan fingerprint density at radius 1 is 0.966 bits per heavy atom. The second kappa shape index (κ2) is 10.6. The Labute approximate surface area is 173 Å². The summed E-state index contributed by atoms with van der Waals surface area (Å²) in [4.78, 5) is 26.9. The van der Waals surface area contributed by atoms with E-state index in [2.05, 4.69) is 12.2 Å². The number of para-hydroxylation sites is 1. The molecule has 5 heteroatoms. The van der Waals surface area contributed by atoms with Crippen LogP contribution in [0.15, 0.2) is 54.6 Å². The van der Waals surface area contributed by atoms with Crippen LogP contribution >= 0.6 is 0 Å². The molecule has 0 spiro atoms. The normalized spacial score (nSPS) is 14.4. The number of carbonyl (C=O) groups excluding carboxylic acids is 2. The van der Waals surface area contributed by atoms with E-state index in [1.165, 1.54) is 0 Å². The van der Waals surface area contributed by atoms with Gasteiger partial charge in [-0.1, -0.05) is 38.0 Å². The lowest BCUT2D eigenvalue weighted by Crippen LogP contribution is -2.43. The van der Waals surface area contributed by atoms with Gasteiger partial charge in [0.15, 0.2) is 0 Å². The standard InChI is InChI=1S/C24H30N2O3/c1-2-3-7-16-25-23(27)19-14-17-26(18-15-19)24(28)20-10-12-22(13-11-20)29-21-8-5-4-6-9-21/h4-6,8-13,19H,2-3,7,14-18H2,1H3,(H,25,27). The Morgan fingerprint density at radius 2 is 1.62 bits per heavy atom. The summed E-state index contributed by atoms with van der Waals surface area (Å²) >= 11 is 0. The Bertz CT molecular complexity index is 782. The molecule has 0 radical (unpaired) electrons. The molecule has 154 valence electrons. The van der Waals surface area contributed by atoms with Gasteiger partial charge in [0.25, 0.3) is 5.91 Å². The van der Waals surface area contributed by atoms with Gasteiger partial charge in [0, 0.05) is 31.1 Å². The number of ether oxygens (including phenoxy) is 1. The highest BCUT2D eigenvalue weighted by Gasteiger charge is 2.27. The van der Waals surface area contributed by atoms with E-state index >= 15 is 0 Å². The van der Waals surface area contributed by atoms with E-state index in [1.807, 2.05) is 47.4 Å². The summed E-state index contributed by atoms with van der Waals surface area (Å²) < 4.78 is 5.78. The molecule has 3 rings (SSSR count). The molecule has 29 heavy (non-hydrogen) atoms. The van der Waals surface area contributed by atoms with Gasteiger partial charge in [0.1, 0.15) is 11.5 Å². The number of hydrogen-bond acceptors (Lipinski definition) is 3. The molecule has 0 aromatic heterocycles. The Morgan fingerprint density at radius 3 is 2.28 bits per heavy atom. The van der Waals surface area contributed by atoms with Crippen molar-refractivity contribution in [2.75, 3.05) is 19.6 Å². The van der Waals surface area contributed by atoms with Gasteiger partial charge in [-0.05, 0) is 55.7 Å². The third kappa shape index (κ3) is 6.08. The van der Waals surface area contributed by atoms with Crippen molar-refractivity contribution >= 4 is 11.8 Å². The van der Waals surface area contributed by atoms with Crippen LogP contribution < -0.4 is 10.1 Å². The van der Waals surface area contributed by atoms with E-state index in [0.29, 0.717) is 24.4 Å². The van der Waals surface area contributed by atoms with Crippen molar-refractivity contribution in [2.45, 2.75) is 39.0 Å². The van der Waals surface area contributed by atoms with Crippen LogP contribution in [0.2, 0.25) is 0 Å². The Hall–Kier alpha value is -2.82. The first-order valence-corrected chi connectivity index (χ1v) is 10.6. The summed E-state index contributed by atoms with van der Waals surface area (Å²) in [5, 5.41) is 3.03. The van der Waals surface area contributed by atoms with E-state index in [1.54, 1.807) is 12.1 Å². The highest BCUT2D eigenvalue weighted by molar-refractivity contribution is 5.94. The van der Waals surface area contributed by atoms with E-state index in [4.69, 9.17) is 4.74 Å². The lowest BCUT2D eigenvalue weighted by atomic mass is 9.95. The van der Waals surface area contributed by atoms with E-state index in [9.17, 15) is 9.59 Å². The molecule has 0 atom stereocenters. The fraction of sp³-hybridized carbons (Fsp3) is 0.417. The first-order valence-electron chi connectivity index (χ1n) is 10.6. The number of benzene rings is 2. The van der Waals surface area contributed by atoms with Crippen molar-refractivity contribution < 1.29 is 14.3 Å². The number of unbranched alkanes of at least 4 members (excludes halogenated alkanes) is 2. The molecule has 1 saturated heterocycles. The predicted molar refractivity (Wildman–Crippen MR) is 114 cm³/mol. The molecule has 0 saturated carbocycles. The van der Waals surface area contributed by atoms with E-state index in [-0.39, 0.29) is 17.7 Å². The van der Waals surface area contributed by atoms with Gasteiger partial charge in [-0.2, -0.15) is 0 Å². The van der Waals surface area contributed by atoms with Crippen LogP contribution in [-0.4, -0.2) is 36.3 Å². The Kier molecular flexibility index (Phi) is 7.68. The molecule has 2 amide bonds. The van der Waals surface area contributed by atoms with Gasteiger partial charge < -0.3 is 15.0 Å². The fourth-order valence-corrected chi connectivity index (χ4v) is 3.55. The number of rotatable bonds is 8. The number of likely N-dealkylation sites (tertiary alicyclic amines) is 1. The highest BCUT2D eigenvalue weighted by atomic mass is 16.5. The quantitative estimate of drug-likeness (QED) is 0.664. The van der Waals surface area contributed by atoms with Crippen LogP contribution in [0.3, 0.4) is 0 Å². The topological polar surface area (TPSA) is 58.6 Å². The van der Waals surface area contributed by atoms with Crippen LogP contribution in [0.4, 0.5) is 0 Å². The van der Waals surface area contributed by atoms with Crippen LogP contribution in [0, 0.1) is 5.92 Å². The molecule has 0 bridgehead atoms. The van der Waals surface area contributed by atoms with Crippen molar-refractivity contribution in [1.82, 2.24) is 10.2 Å². The maximum atomic E-state index is 12.8. The predicted octanol–water partition coefficient (Wildman–Crippen LogP) is 4.64. The average molecular weight is 395 g/mol. The second-order valence-corrected chi connectivity index (χ2v) is 7.50. The molecule has 1 heterocycles. The molecule has 1 aliphatic heterocycles. The van der Waals surface area contributed by atoms with Crippen LogP contribution in [0.5, 0.6) is 11.5 Å². The number of nitrogens with zero attached hydrogens (tertiary/aromatic N) is 1.